The molecule has 38 heavy (non-hydrogen) atoms. The van der Waals surface area contributed by atoms with Crippen molar-refractivity contribution in [2.75, 3.05) is 33.9 Å². The van der Waals surface area contributed by atoms with Crippen LogP contribution in [0.5, 0.6) is 11.5 Å². The van der Waals surface area contributed by atoms with Crippen LogP contribution in [-0.2, 0) is 14.3 Å². The number of nitrogens with zero attached hydrogens (tertiary/aromatic N) is 3. The number of aliphatic imine (C=N–C) groups is 1. The van der Waals surface area contributed by atoms with E-state index in [0.29, 0.717) is 27.9 Å². The molecule has 5 rings (SSSR count). The van der Waals surface area contributed by atoms with Crippen LogP contribution in [0.15, 0.2) is 70.2 Å². The molecule has 3 heterocycles. The average Bonchev–Trinajstić information content (AvgIpc) is 3.63. The second-order valence-corrected chi connectivity index (χ2v) is 9.95. The second kappa shape index (κ2) is 11.3. The maximum absolute atomic E-state index is 13.7. The molecule has 1 saturated heterocycles. The van der Waals surface area contributed by atoms with Gasteiger partial charge in [0.05, 0.1) is 44.6 Å². The SMILES string of the molecule is CCOC(=O)C1=C(c2ccccc2)N=C2SC=C(CC(=O)N3CCCC3)N2[C@H]1c1ccc(OC)cc1OC. The smallest absolute Gasteiger partial charge is 0.338 e. The number of amides is 1. The number of carbonyl (C=O) groups is 2. The number of benzene rings is 2. The summed E-state index contributed by atoms with van der Waals surface area (Å²) < 4.78 is 16.8. The molecule has 3 aliphatic rings. The highest BCUT2D eigenvalue weighted by atomic mass is 32.2. The van der Waals surface area contributed by atoms with Crippen molar-refractivity contribution in [2.24, 2.45) is 4.99 Å². The Bertz CT molecular complexity index is 1310. The molecular formula is C29H31N3O5S. The molecule has 0 aliphatic carbocycles. The van der Waals surface area contributed by atoms with E-state index in [1.54, 1.807) is 27.2 Å². The molecule has 0 unspecified atom stereocenters. The Morgan fingerprint density at radius 3 is 2.50 bits per heavy atom. The van der Waals surface area contributed by atoms with Crippen LogP contribution in [0.25, 0.3) is 5.70 Å². The second-order valence-electron chi connectivity index (χ2n) is 9.12. The molecule has 0 radical (unpaired) electrons. The summed E-state index contributed by atoms with van der Waals surface area (Å²) in [6.45, 7) is 3.56. The first-order chi connectivity index (χ1) is 18.5. The maximum Gasteiger partial charge on any atom is 0.338 e. The summed E-state index contributed by atoms with van der Waals surface area (Å²) >= 11 is 1.46. The lowest BCUT2D eigenvalue weighted by molar-refractivity contribution is -0.139. The van der Waals surface area contributed by atoms with Crippen LogP contribution < -0.4 is 9.47 Å². The number of rotatable bonds is 8. The van der Waals surface area contributed by atoms with Crippen molar-refractivity contribution in [3.63, 3.8) is 0 Å². The van der Waals surface area contributed by atoms with E-state index in [9.17, 15) is 9.59 Å². The molecule has 9 heteroatoms. The number of amidine groups is 1. The molecule has 1 atom stereocenters. The Labute approximate surface area is 226 Å². The van der Waals surface area contributed by atoms with Gasteiger partial charge in [0, 0.05) is 36.0 Å². The summed E-state index contributed by atoms with van der Waals surface area (Å²) in [5.74, 6) is 0.814. The Morgan fingerprint density at radius 2 is 1.82 bits per heavy atom. The number of carbonyl (C=O) groups excluding carboxylic acids is 2. The third kappa shape index (κ3) is 4.90. The van der Waals surface area contributed by atoms with E-state index >= 15 is 0 Å². The molecule has 0 saturated carbocycles. The predicted octanol–water partition coefficient (Wildman–Crippen LogP) is 4.99. The summed E-state index contributed by atoms with van der Waals surface area (Å²) in [5.41, 5.74) is 3.29. The van der Waals surface area contributed by atoms with E-state index in [2.05, 4.69) is 0 Å². The minimum absolute atomic E-state index is 0.0755. The number of ether oxygens (including phenoxy) is 3. The third-order valence-corrected chi connectivity index (χ3v) is 7.77. The first-order valence-electron chi connectivity index (χ1n) is 12.8. The quantitative estimate of drug-likeness (QED) is 0.442. The molecule has 8 nitrogen and oxygen atoms in total. The lowest BCUT2D eigenvalue weighted by Gasteiger charge is -2.37. The molecule has 3 aliphatic heterocycles. The molecule has 198 valence electrons. The molecule has 0 N–H and O–H groups in total. The Morgan fingerprint density at radius 1 is 1.05 bits per heavy atom. The number of hydrogen-bond donors (Lipinski definition) is 0. The topological polar surface area (TPSA) is 80.7 Å². The van der Waals surface area contributed by atoms with E-state index in [1.807, 2.05) is 57.7 Å². The van der Waals surface area contributed by atoms with Gasteiger partial charge in [-0.15, -0.1) is 0 Å². The van der Waals surface area contributed by atoms with E-state index in [-0.39, 0.29) is 18.9 Å². The highest BCUT2D eigenvalue weighted by Crippen LogP contribution is 2.49. The fourth-order valence-electron chi connectivity index (χ4n) is 5.06. The van der Waals surface area contributed by atoms with E-state index in [1.165, 1.54) is 11.8 Å². The third-order valence-electron chi connectivity index (χ3n) is 6.88. The number of methoxy groups -OCH3 is 2. The van der Waals surface area contributed by atoms with Crippen molar-refractivity contribution >= 4 is 34.5 Å². The highest BCUT2D eigenvalue weighted by Gasteiger charge is 2.43. The summed E-state index contributed by atoms with van der Waals surface area (Å²) in [5, 5.41) is 2.66. The molecule has 1 fully saturated rings. The Balaban J connectivity index is 1.67. The molecule has 1 amide bonds. The molecule has 2 aromatic carbocycles. The number of esters is 1. The van der Waals surface area contributed by atoms with Crippen molar-refractivity contribution in [1.82, 2.24) is 9.80 Å². The monoisotopic (exact) mass is 533 g/mol. The van der Waals surface area contributed by atoms with E-state index in [4.69, 9.17) is 19.2 Å². The molecular weight excluding hydrogens is 502 g/mol. The van der Waals surface area contributed by atoms with Crippen LogP contribution in [0.2, 0.25) is 0 Å². The van der Waals surface area contributed by atoms with Gasteiger partial charge in [0.25, 0.3) is 0 Å². The zero-order valence-corrected chi connectivity index (χ0v) is 22.6. The van der Waals surface area contributed by atoms with Crippen molar-refractivity contribution in [3.8, 4) is 11.5 Å². The largest absolute Gasteiger partial charge is 0.497 e. The van der Waals surface area contributed by atoms with Gasteiger partial charge in [-0.25, -0.2) is 9.79 Å². The van der Waals surface area contributed by atoms with Crippen LogP contribution in [0, 0.1) is 0 Å². The normalized spacial score (nSPS) is 18.7. The van der Waals surface area contributed by atoms with Gasteiger partial charge in [0.1, 0.15) is 11.5 Å². The summed E-state index contributed by atoms with van der Waals surface area (Å²) in [6.07, 6.45) is 2.27. The summed E-state index contributed by atoms with van der Waals surface area (Å²) in [4.78, 5) is 35.7. The standard InChI is InChI=1S/C29H31N3O5S/c1-4-37-28(34)25-26(19-10-6-5-7-11-19)30-29-32(20(18-38-29)16-24(33)31-14-8-9-15-31)27(25)22-13-12-21(35-2)17-23(22)36-3/h5-7,10-13,17-18,27H,4,8-9,14-16H2,1-3H3/t27-/m0/s1. The van der Waals surface area contributed by atoms with E-state index in [0.717, 1.165) is 42.8 Å². The lowest BCUT2D eigenvalue weighted by Crippen LogP contribution is -2.38. The van der Waals surface area contributed by atoms with Gasteiger partial charge in [0.15, 0.2) is 5.17 Å². The minimum atomic E-state index is -0.620. The van der Waals surface area contributed by atoms with Gasteiger partial charge in [-0.3, -0.25) is 4.79 Å². The van der Waals surface area contributed by atoms with Crippen molar-refractivity contribution in [2.45, 2.75) is 32.2 Å². The zero-order valence-electron chi connectivity index (χ0n) is 21.8. The summed E-state index contributed by atoms with van der Waals surface area (Å²) in [6, 6.07) is 14.5. The molecule has 0 bridgehead atoms. The molecule has 2 aromatic rings. The van der Waals surface area contributed by atoms with E-state index < -0.39 is 12.0 Å². The van der Waals surface area contributed by atoms with Gasteiger partial charge in [-0.05, 0) is 37.3 Å². The van der Waals surface area contributed by atoms with Crippen molar-refractivity contribution < 1.29 is 23.8 Å². The maximum atomic E-state index is 13.7. The lowest BCUT2D eigenvalue weighted by atomic mass is 9.90. The van der Waals surface area contributed by atoms with Crippen LogP contribution >= 0.6 is 11.8 Å². The highest BCUT2D eigenvalue weighted by molar-refractivity contribution is 8.16. The number of thioether (sulfide) groups is 1. The number of likely N-dealkylation sites (tertiary alicyclic amines) is 1. The van der Waals surface area contributed by atoms with Gasteiger partial charge in [0.2, 0.25) is 5.91 Å². The fourth-order valence-corrected chi connectivity index (χ4v) is 5.98. The van der Waals surface area contributed by atoms with Crippen LogP contribution in [0.3, 0.4) is 0 Å². The predicted molar refractivity (Wildman–Crippen MR) is 148 cm³/mol. The minimum Gasteiger partial charge on any atom is -0.497 e. The van der Waals surface area contributed by atoms with Gasteiger partial charge < -0.3 is 24.0 Å². The first kappa shape index (κ1) is 25.9. The zero-order chi connectivity index (χ0) is 26.6. The van der Waals surface area contributed by atoms with Crippen LogP contribution in [-0.4, -0.2) is 60.8 Å². The van der Waals surface area contributed by atoms with Crippen molar-refractivity contribution in [3.05, 3.63) is 76.3 Å². The molecule has 0 aromatic heterocycles. The van der Waals surface area contributed by atoms with Crippen molar-refractivity contribution in [1.29, 1.82) is 0 Å². The average molecular weight is 534 g/mol. The number of fused-ring (bicyclic) bond motifs is 1. The van der Waals surface area contributed by atoms with Gasteiger partial charge in [-0.2, -0.15) is 0 Å². The Kier molecular flexibility index (Phi) is 7.74. The molecule has 0 spiro atoms. The first-order valence-corrected chi connectivity index (χ1v) is 13.6. The Hall–Kier alpha value is -3.72. The summed E-state index contributed by atoms with van der Waals surface area (Å²) in [7, 11) is 3.19. The number of hydrogen-bond acceptors (Lipinski definition) is 8. The van der Waals surface area contributed by atoms with Gasteiger partial charge >= 0.3 is 5.97 Å². The fraction of sp³-hybridized carbons (Fsp3) is 0.345. The van der Waals surface area contributed by atoms with Crippen LogP contribution in [0.4, 0.5) is 0 Å². The van der Waals surface area contributed by atoms with Crippen LogP contribution in [0.1, 0.15) is 43.4 Å². The van der Waals surface area contributed by atoms with Gasteiger partial charge in [-0.1, -0.05) is 42.1 Å².